The van der Waals surface area contributed by atoms with Gasteiger partial charge in [0.2, 0.25) is 11.2 Å². The van der Waals surface area contributed by atoms with Gasteiger partial charge in [-0.15, -0.1) is 0 Å². The minimum atomic E-state index is -0.619. The Kier molecular flexibility index (Phi) is 5.79. The van der Waals surface area contributed by atoms with Crippen molar-refractivity contribution in [3.8, 4) is 5.88 Å². The number of hydrogen-bond acceptors (Lipinski definition) is 5. The molecule has 2 aliphatic heterocycles. The monoisotopic (exact) mass is 519 g/mol. The lowest BCUT2D eigenvalue weighted by Crippen LogP contribution is -2.50. The summed E-state index contributed by atoms with van der Waals surface area (Å²) in [6.07, 6.45) is 2.56. The molecule has 2 bridgehead atoms. The molecule has 2 aromatic rings. The smallest absolute Gasteiger partial charge is 0.410 e. The molecule has 162 valence electrons. The number of hydrogen-bond donors (Lipinski definition) is 0. The summed E-state index contributed by atoms with van der Waals surface area (Å²) in [4.78, 5) is 22.6. The van der Waals surface area contributed by atoms with Crippen LogP contribution in [0.1, 0.15) is 46.5 Å². The standard InChI is InChI=1S/C20H21BrCl2FN3O3/c1-20(2,3)30-19(28)27-9-4-5-10(27)7-11(6-9)29-17-12-8-13(22)14(21)15(24)16(12)25-18(23)26-17/h8-11H,4-7H2,1-3H3. The number of ether oxygens (including phenoxy) is 2. The Bertz CT molecular complexity index is 1000. The molecule has 0 saturated carbocycles. The van der Waals surface area contributed by atoms with Crippen LogP contribution in [-0.2, 0) is 4.74 Å². The van der Waals surface area contributed by atoms with Crippen molar-refractivity contribution >= 4 is 56.1 Å². The average Bonchev–Trinajstić information content (AvgIpc) is 2.91. The van der Waals surface area contributed by atoms with Gasteiger partial charge < -0.3 is 14.4 Å². The molecular formula is C20H21BrCl2FN3O3. The van der Waals surface area contributed by atoms with E-state index in [1.165, 1.54) is 0 Å². The van der Waals surface area contributed by atoms with Crippen LogP contribution >= 0.6 is 39.1 Å². The summed E-state index contributed by atoms with van der Waals surface area (Å²) in [6, 6.07) is 1.61. The molecule has 0 aliphatic carbocycles. The predicted octanol–water partition coefficient (Wildman–Crippen LogP) is 6.15. The summed E-state index contributed by atoms with van der Waals surface area (Å²) in [5.41, 5.74) is -0.506. The maximum Gasteiger partial charge on any atom is 0.410 e. The van der Waals surface area contributed by atoms with Gasteiger partial charge in [-0.1, -0.05) is 11.6 Å². The first-order valence-electron chi connectivity index (χ1n) is 9.72. The number of nitrogens with zero attached hydrogens (tertiary/aromatic N) is 3. The van der Waals surface area contributed by atoms with Crippen molar-refractivity contribution in [1.29, 1.82) is 0 Å². The van der Waals surface area contributed by atoms with Crippen molar-refractivity contribution in [2.24, 2.45) is 0 Å². The van der Waals surface area contributed by atoms with E-state index in [9.17, 15) is 9.18 Å². The average molecular weight is 521 g/mol. The summed E-state index contributed by atoms with van der Waals surface area (Å²) < 4.78 is 26.4. The van der Waals surface area contributed by atoms with E-state index in [1.54, 1.807) is 6.07 Å². The Morgan fingerprint density at radius 2 is 1.87 bits per heavy atom. The number of aromatic nitrogens is 2. The fraction of sp³-hybridized carbons (Fsp3) is 0.550. The zero-order valence-corrected chi connectivity index (χ0v) is 19.8. The van der Waals surface area contributed by atoms with Crippen LogP contribution in [0.4, 0.5) is 9.18 Å². The van der Waals surface area contributed by atoms with E-state index in [-0.39, 0.29) is 50.5 Å². The zero-order chi connectivity index (χ0) is 21.8. The van der Waals surface area contributed by atoms with Gasteiger partial charge in [0.25, 0.3) is 0 Å². The molecule has 2 atom stereocenters. The second-order valence-corrected chi connectivity index (χ2v) is 10.2. The molecule has 2 aliphatic rings. The highest BCUT2D eigenvalue weighted by atomic mass is 79.9. The molecule has 0 radical (unpaired) electrons. The van der Waals surface area contributed by atoms with E-state index in [4.69, 9.17) is 32.7 Å². The van der Waals surface area contributed by atoms with Crippen LogP contribution in [0.3, 0.4) is 0 Å². The normalized spacial score (nSPS) is 23.7. The highest BCUT2D eigenvalue weighted by molar-refractivity contribution is 9.10. The quantitative estimate of drug-likeness (QED) is 0.351. The van der Waals surface area contributed by atoms with Gasteiger partial charge in [-0.3, -0.25) is 0 Å². The molecule has 1 aromatic heterocycles. The zero-order valence-electron chi connectivity index (χ0n) is 16.7. The van der Waals surface area contributed by atoms with Crippen LogP contribution in [0, 0.1) is 5.82 Å². The first-order valence-corrected chi connectivity index (χ1v) is 11.3. The number of fused-ring (bicyclic) bond motifs is 3. The summed E-state index contributed by atoms with van der Waals surface area (Å²) >= 11 is 15.2. The first-order chi connectivity index (χ1) is 14.0. The minimum absolute atomic E-state index is 0.0293. The Morgan fingerprint density at radius 1 is 1.23 bits per heavy atom. The third kappa shape index (κ3) is 4.18. The second-order valence-electron chi connectivity index (χ2n) is 8.66. The number of rotatable bonds is 2. The van der Waals surface area contributed by atoms with Crippen molar-refractivity contribution < 1.29 is 18.7 Å². The van der Waals surface area contributed by atoms with Gasteiger partial charge in [-0.25, -0.2) is 14.2 Å². The largest absolute Gasteiger partial charge is 0.474 e. The van der Waals surface area contributed by atoms with Crippen molar-refractivity contribution in [2.45, 2.75) is 70.2 Å². The van der Waals surface area contributed by atoms with Crippen molar-refractivity contribution in [3.63, 3.8) is 0 Å². The Morgan fingerprint density at radius 3 is 2.47 bits per heavy atom. The lowest BCUT2D eigenvalue weighted by molar-refractivity contribution is -0.00740. The maximum absolute atomic E-state index is 14.6. The predicted molar refractivity (Wildman–Crippen MR) is 116 cm³/mol. The van der Waals surface area contributed by atoms with Gasteiger partial charge in [-0.2, -0.15) is 4.98 Å². The molecule has 1 aromatic carbocycles. The Balaban J connectivity index is 1.57. The minimum Gasteiger partial charge on any atom is -0.474 e. The lowest BCUT2D eigenvalue weighted by atomic mass is 10.00. The molecule has 10 heteroatoms. The summed E-state index contributed by atoms with van der Waals surface area (Å²) in [5.74, 6) is -0.431. The number of halogens is 4. The van der Waals surface area contributed by atoms with Gasteiger partial charge in [0.05, 0.1) is 14.9 Å². The topological polar surface area (TPSA) is 64.5 Å². The molecule has 4 rings (SSSR count). The van der Waals surface area contributed by atoms with Crippen molar-refractivity contribution in [2.75, 3.05) is 0 Å². The van der Waals surface area contributed by atoms with Crippen LogP contribution in [0.5, 0.6) is 5.88 Å². The van der Waals surface area contributed by atoms with Gasteiger partial charge in [0.1, 0.15) is 17.2 Å². The van der Waals surface area contributed by atoms with Crippen molar-refractivity contribution in [1.82, 2.24) is 14.9 Å². The van der Waals surface area contributed by atoms with Crippen LogP contribution < -0.4 is 4.74 Å². The SMILES string of the molecule is CC(C)(C)OC(=O)N1C2CCC1CC(Oc1nc(Cl)nc3c(F)c(Br)c(Cl)cc13)C2. The van der Waals surface area contributed by atoms with Gasteiger partial charge in [0.15, 0.2) is 5.82 Å². The molecule has 6 nitrogen and oxygen atoms in total. The summed E-state index contributed by atoms with van der Waals surface area (Å²) in [5, 5.41) is 0.433. The van der Waals surface area contributed by atoms with Gasteiger partial charge >= 0.3 is 6.09 Å². The lowest BCUT2D eigenvalue weighted by Gasteiger charge is -2.39. The van der Waals surface area contributed by atoms with E-state index < -0.39 is 11.4 Å². The number of carbonyl (C=O) groups excluding carboxylic acids is 1. The third-order valence-electron chi connectivity index (χ3n) is 5.34. The molecule has 1 amide bonds. The number of amides is 1. The fourth-order valence-electron chi connectivity index (χ4n) is 4.20. The molecule has 2 unspecified atom stereocenters. The Labute approximate surface area is 192 Å². The molecular weight excluding hydrogens is 500 g/mol. The Hall–Kier alpha value is -1.38. The molecule has 3 heterocycles. The van der Waals surface area contributed by atoms with E-state index in [2.05, 4.69) is 25.9 Å². The first kappa shape index (κ1) is 21.8. The van der Waals surface area contributed by atoms with Gasteiger partial charge in [0, 0.05) is 24.9 Å². The van der Waals surface area contributed by atoms with Crippen LogP contribution in [-0.4, -0.2) is 44.7 Å². The highest BCUT2D eigenvalue weighted by Gasteiger charge is 2.45. The maximum atomic E-state index is 14.6. The van der Waals surface area contributed by atoms with Crippen LogP contribution in [0.2, 0.25) is 10.3 Å². The second kappa shape index (κ2) is 7.95. The van der Waals surface area contributed by atoms with Crippen LogP contribution in [0.15, 0.2) is 10.5 Å². The fourth-order valence-corrected chi connectivity index (χ4v) is 4.86. The third-order valence-corrected chi connectivity index (χ3v) is 6.81. The van der Waals surface area contributed by atoms with E-state index >= 15 is 0 Å². The molecule has 2 fully saturated rings. The summed E-state index contributed by atoms with van der Waals surface area (Å²) in [7, 11) is 0. The molecule has 0 spiro atoms. The highest BCUT2D eigenvalue weighted by Crippen LogP contribution is 2.40. The van der Waals surface area contributed by atoms with E-state index in [0.29, 0.717) is 18.2 Å². The van der Waals surface area contributed by atoms with E-state index in [1.807, 2.05) is 25.7 Å². The molecule has 2 saturated heterocycles. The summed E-state index contributed by atoms with van der Waals surface area (Å²) in [6.45, 7) is 5.57. The molecule has 30 heavy (non-hydrogen) atoms. The van der Waals surface area contributed by atoms with Crippen LogP contribution in [0.25, 0.3) is 10.9 Å². The van der Waals surface area contributed by atoms with Gasteiger partial charge in [-0.05, 0) is 67.2 Å². The molecule has 0 N–H and O–H groups in total. The number of benzene rings is 1. The number of carbonyl (C=O) groups is 1. The van der Waals surface area contributed by atoms with Crippen molar-refractivity contribution in [3.05, 3.63) is 26.7 Å². The number of piperidine rings is 1. The van der Waals surface area contributed by atoms with E-state index in [0.717, 1.165) is 12.8 Å².